The summed E-state index contributed by atoms with van der Waals surface area (Å²) in [5.41, 5.74) is 3.78. The molecule has 0 atom stereocenters. The Labute approximate surface area is 191 Å². The molecule has 0 unspecified atom stereocenters. The molecule has 2 radical (unpaired) electrons. The smallest absolute Gasteiger partial charge is 0.261 e. The van der Waals surface area contributed by atoms with E-state index in [1.165, 1.54) is 24.5 Å². The van der Waals surface area contributed by atoms with Crippen LogP contribution in [0, 0.1) is 0 Å². The van der Waals surface area contributed by atoms with Gasteiger partial charge in [-0.05, 0) is 41.9 Å². The molecule has 8 nitrogen and oxygen atoms in total. The van der Waals surface area contributed by atoms with Crippen molar-refractivity contribution in [2.45, 2.75) is 4.90 Å². The molecule has 160 valence electrons. The quantitative estimate of drug-likeness (QED) is 0.384. The Hall–Kier alpha value is -4.18. The lowest BCUT2D eigenvalue weighted by molar-refractivity contribution is 0.601. The van der Waals surface area contributed by atoms with Gasteiger partial charge in [0.05, 0.1) is 16.3 Å². The maximum Gasteiger partial charge on any atom is 0.261 e. The van der Waals surface area contributed by atoms with E-state index in [0.29, 0.717) is 28.3 Å². The fourth-order valence-corrected chi connectivity index (χ4v) is 4.38. The number of rotatable bonds is 6. The molecule has 10 heteroatoms. The second-order valence-corrected chi connectivity index (χ2v) is 8.90. The standard InChI is InChI=1S/C23H17BN6O2S/c24-20-15-26-30-22(14-21(28-23(20)30)16-4-2-1-3-5-16)27-17-6-8-19(9-7-17)33(31,32)29-18-10-12-25-13-11-18/h1-15,27H,(H,25,29). The van der Waals surface area contributed by atoms with Crippen LogP contribution in [0.2, 0.25) is 0 Å². The highest BCUT2D eigenvalue weighted by atomic mass is 32.2. The monoisotopic (exact) mass is 452 g/mol. The second kappa shape index (κ2) is 8.40. The van der Waals surface area contributed by atoms with Gasteiger partial charge in [0.1, 0.15) is 13.7 Å². The number of sulfonamides is 1. The largest absolute Gasteiger partial charge is 0.340 e. The molecule has 0 fully saturated rings. The van der Waals surface area contributed by atoms with Crippen molar-refractivity contribution < 1.29 is 8.42 Å². The van der Waals surface area contributed by atoms with Gasteiger partial charge in [-0.1, -0.05) is 30.3 Å². The topological polar surface area (TPSA) is 101 Å². The number of pyridine rings is 1. The lowest BCUT2D eigenvalue weighted by atomic mass is 10.0. The fraction of sp³-hybridized carbons (Fsp3) is 0. The summed E-state index contributed by atoms with van der Waals surface area (Å²) in [6.45, 7) is 0. The molecular formula is C23H17BN6O2S. The van der Waals surface area contributed by atoms with Crippen molar-refractivity contribution in [3.05, 3.63) is 91.4 Å². The summed E-state index contributed by atoms with van der Waals surface area (Å²) < 4.78 is 29.5. The van der Waals surface area contributed by atoms with Crippen molar-refractivity contribution in [1.29, 1.82) is 0 Å². The Morgan fingerprint density at radius 2 is 1.61 bits per heavy atom. The molecule has 5 aromatic rings. The minimum atomic E-state index is -3.73. The number of hydrogen-bond donors (Lipinski definition) is 2. The third-order valence-corrected chi connectivity index (χ3v) is 6.34. The first-order chi connectivity index (χ1) is 16.0. The van der Waals surface area contributed by atoms with E-state index in [2.05, 4.69) is 25.1 Å². The number of hydrogen-bond acceptors (Lipinski definition) is 6. The van der Waals surface area contributed by atoms with Crippen molar-refractivity contribution in [2.24, 2.45) is 0 Å². The van der Waals surface area contributed by atoms with E-state index in [-0.39, 0.29) is 4.90 Å². The number of anilines is 3. The van der Waals surface area contributed by atoms with Crippen molar-refractivity contribution >= 4 is 46.2 Å². The molecule has 2 aromatic carbocycles. The minimum Gasteiger partial charge on any atom is -0.340 e. The lowest BCUT2D eigenvalue weighted by Gasteiger charge is -2.12. The first kappa shape index (κ1) is 20.7. The maximum absolute atomic E-state index is 12.7. The van der Waals surface area contributed by atoms with Gasteiger partial charge >= 0.3 is 0 Å². The molecule has 33 heavy (non-hydrogen) atoms. The summed E-state index contributed by atoms with van der Waals surface area (Å²) in [4.78, 5) is 8.66. The van der Waals surface area contributed by atoms with Gasteiger partial charge in [-0.3, -0.25) is 9.71 Å². The summed E-state index contributed by atoms with van der Waals surface area (Å²) in [5.74, 6) is 0.640. The summed E-state index contributed by atoms with van der Waals surface area (Å²) in [6.07, 6.45) is 4.58. The summed E-state index contributed by atoms with van der Waals surface area (Å²) in [5, 5.41) is 7.59. The SMILES string of the molecule is [B]c1cnn2c(Nc3ccc(S(=O)(=O)Nc4ccncc4)cc3)cc(-c3ccccc3)nc12. The third-order valence-electron chi connectivity index (χ3n) is 4.94. The molecule has 2 N–H and O–H groups in total. The van der Waals surface area contributed by atoms with Crippen molar-refractivity contribution in [3.63, 3.8) is 0 Å². The molecule has 3 aromatic heterocycles. The highest BCUT2D eigenvalue weighted by Crippen LogP contribution is 2.25. The van der Waals surface area contributed by atoms with Gasteiger partial charge in [0.2, 0.25) is 0 Å². The average molecular weight is 452 g/mol. The highest BCUT2D eigenvalue weighted by molar-refractivity contribution is 7.92. The van der Waals surface area contributed by atoms with E-state index in [0.717, 1.165) is 11.3 Å². The molecule has 0 bridgehead atoms. The van der Waals surface area contributed by atoms with Crippen molar-refractivity contribution in [3.8, 4) is 11.3 Å². The van der Waals surface area contributed by atoms with Gasteiger partial charge in [-0.2, -0.15) is 9.61 Å². The van der Waals surface area contributed by atoms with E-state index in [4.69, 9.17) is 7.85 Å². The van der Waals surface area contributed by atoms with Gasteiger partial charge in [-0.15, -0.1) is 0 Å². The number of aromatic nitrogens is 4. The molecule has 0 saturated carbocycles. The molecule has 0 amide bonds. The van der Waals surface area contributed by atoms with Crippen molar-refractivity contribution in [2.75, 3.05) is 10.0 Å². The number of benzene rings is 2. The van der Waals surface area contributed by atoms with E-state index >= 15 is 0 Å². The normalized spacial score (nSPS) is 11.4. The highest BCUT2D eigenvalue weighted by Gasteiger charge is 2.15. The van der Waals surface area contributed by atoms with Gasteiger partial charge in [-0.25, -0.2) is 13.4 Å². The molecule has 0 aliphatic heterocycles. The minimum absolute atomic E-state index is 0.137. The molecule has 0 spiro atoms. The second-order valence-electron chi connectivity index (χ2n) is 7.22. The van der Waals surface area contributed by atoms with E-state index in [9.17, 15) is 8.42 Å². The van der Waals surface area contributed by atoms with Crippen LogP contribution in [-0.2, 0) is 10.0 Å². The van der Waals surface area contributed by atoms with E-state index < -0.39 is 10.0 Å². The zero-order chi connectivity index (χ0) is 22.8. The van der Waals surface area contributed by atoms with Gasteiger partial charge in [0, 0.05) is 35.9 Å². The predicted octanol–water partition coefficient (Wildman–Crippen LogP) is 3.13. The molecule has 0 saturated heterocycles. The van der Waals surface area contributed by atoms with Gasteiger partial charge in [0.25, 0.3) is 10.0 Å². The van der Waals surface area contributed by atoms with E-state index in [1.54, 1.807) is 35.0 Å². The molecular weight excluding hydrogens is 435 g/mol. The van der Waals surface area contributed by atoms with Crippen LogP contribution in [0.15, 0.2) is 96.3 Å². The Morgan fingerprint density at radius 1 is 0.879 bits per heavy atom. The summed E-state index contributed by atoms with van der Waals surface area (Å²) in [6, 6.07) is 21.2. The third kappa shape index (κ3) is 4.28. The Balaban J connectivity index is 1.45. The van der Waals surface area contributed by atoms with Crippen LogP contribution in [0.5, 0.6) is 0 Å². The first-order valence-electron chi connectivity index (χ1n) is 9.99. The Bertz CT molecular complexity index is 1520. The van der Waals surface area contributed by atoms with Crippen LogP contribution in [0.3, 0.4) is 0 Å². The average Bonchev–Trinajstić information content (AvgIpc) is 3.21. The Morgan fingerprint density at radius 3 is 2.33 bits per heavy atom. The summed E-state index contributed by atoms with van der Waals surface area (Å²) >= 11 is 0. The summed E-state index contributed by atoms with van der Waals surface area (Å²) in [7, 11) is 2.34. The number of fused-ring (bicyclic) bond motifs is 1. The van der Waals surface area contributed by atoms with Crippen LogP contribution >= 0.6 is 0 Å². The number of nitrogens with one attached hydrogen (secondary N) is 2. The molecule has 3 heterocycles. The fourth-order valence-electron chi connectivity index (χ4n) is 3.33. The molecule has 0 aliphatic carbocycles. The van der Waals surface area contributed by atoms with Crippen LogP contribution in [0.1, 0.15) is 0 Å². The van der Waals surface area contributed by atoms with Crippen LogP contribution < -0.4 is 15.5 Å². The molecule has 5 rings (SSSR count). The first-order valence-corrected chi connectivity index (χ1v) is 11.5. The zero-order valence-corrected chi connectivity index (χ0v) is 18.1. The maximum atomic E-state index is 12.7. The van der Waals surface area contributed by atoms with Crippen molar-refractivity contribution in [1.82, 2.24) is 19.6 Å². The van der Waals surface area contributed by atoms with Gasteiger partial charge in [0.15, 0.2) is 5.65 Å². The lowest BCUT2D eigenvalue weighted by Crippen LogP contribution is -2.13. The van der Waals surface area contributed by atoms with Crippen LogP contribution in [-0.4, -0.2) is 35.8 Å². The van der Waals surface area contributed by atoms with E-state index in [1.807, 2.05) is 36.4 Å². The van der Waals surface area contributed by atoms with Gasteiger partial charge < -0.3 is 5.32 Å². The van der Waals surface area contributed by atoms with Crippen LogP contribution in [0.4, 0.5) is 17.2 Å². The zero-order valence-electron chi connectivity index (χ0n) is 17.3. The van der Waals surface area contributed by atoms with Crippen LogP contribution in [0.25, 0.3) is 16.9 Å². The number of nitrogens with zero attached hydrogens (tertiary/aromatic N) is 4. The Kier molecular flexibility index (Phi) is 5.27. The molecule has 0 aliphatic rings. The predicted molar refractivity (Wildman–Crippen MR) is 129 cm³/mol.